The molecule has 104 valence electrons. The molecule has 0 fully saturated rings. The number of rotatable bonds is 4. The number of carboxylic acids is 1. The number of carbonyl (C=O) groups is 1. The molecule has 20 heavy (non-hydrogen) atoms. The summed E-state index contributed by atoms with van der Waals surface area (Å²) >= 11 is 0. The molecule has 1 heterocycles. The van der Waals surface area contributed by atoms with Gasteiger partial charge in [0, 0.05) is 6.07 Å². The first-order valence-electron chi connectivity index (χ1n) is 5.61. The molecule has 6 nitrogen and oxygen atoms in total. The van der Waals surface area contributed by atoms with Crippen LogP contribution < -0.4 is 15.8 Å². The lowest BCUT2D eigenvalue weighted by atomic mass is 10.1. The van der Waals surface area contributed by atoms with Gasteiger partial charge in [0.15, 0.2) is 0 Å². The number of nitrogens with zero attached hydrogens (tertiary/aromatic N) is 1. The van der Waals surface area contributed by atoms with Crippen LogP contribution in [0.25, 0.3) is 0 Å². The van der Waals surface area contributed by atoms with Crippen molar-refractivity contribution >= 4 is 23.0 Å². The van der Waals surface area contributed by atoms with Crippen LogP contribution in [-0.4, -0.2) is 23.2 Å². The predicted octanol–water partition coefficient (Wildman–Crippen LogP) is 2.25. The van der Waals surface area contributed by atoms with Gasteiger partial charge in [-0.05, 0) is 18.2 Å². The Kier molecular flexibility index (Phi) is 3.69. The standard InChI is InChI=1S/C13H12FN3O3/c1-20-10-5-2-7(6-16-10)17-9-4-3-8(14)12(15)11(9)13(18)19/h2-6,17H,15H2,1H3,(H,18,19). The quantitative estimate of drug-likeness (QED) is 0.741. The summed E-state index contributed by atoms with van der Waals surface area (Å²) in [5.41, 5.74) is 5.43. The fourth-order valence-corrected chi connectivity index (χ4v) is 1.66. The van der Waals surface area contributed by atoms with Gasteiger partial charge in [-0.3, -0.25) is 0 Å². The zero-order valence-electron chi connectivity index (χ0n) is 10.6. The molecule has 0 spiro atoms. The number of nitrogen functional groups attached to an aromatic ring is 1. The number of nitrogens with one attached hydrogen (secondary N) is 1. The molecular weight excluding hydrogens is 265 g/mol. The van der Waals surface area contributed by atoms with Gasteiger partial charge in [0.1, 0.15) is 11.4 Å². The third-order valence-corrected chi connectivity index (χ3v) is 2.63. The Morgan fingerprint density at radius 3 is 2.70 bits per heavy atom. The number of methoxy groups -OCH3 is 1. The van der Waals surface area contributed by atoms with Gasteiger partial charge in [-0.15, -0.1) is 0 Å². The van der Waals surface area contributed by atoms with Crippen molar-refractivity contribution in [2.75, 3.05) is 18.2 Å². The summed E-state index contributed by atoms with van der Waals surface area (Å²) in [4.78, 5) is 15.1. The number of hydrogen-bond acceptors (Lipinski definition) is 5. The van der Waals surface area contributed by atoms with E-state index in [2.05, 4.69) is 10.3 Å². The maximum absolute atomic E-state index is 13.3. The van der Waals surface area contributed by atoms with Crippen molar-refractivity contribution in [2.24, 2.45) is 0 Å². The minimum absolute atomic E-state index is 0.184. The van der Waals surface area contributed by atoms with Crippen LogP contribution in [0.1, 0.15) is 10.4 Å². The third kappa shape index (κ3) is 2.61. The highest BCUT2D eigenvalue weighted by molar-refractivity contribution is 6.00. The summed E-state index contributed by atoms with van der Waals surface area (Å²) in [6.45, 7) is 0. The number of ether oxygens (including phenoxy) is 1. The maximum atomic E-state index is 13.3. The number of nitrogens with two attached hydrogens (primary N) is 1. The van der Waals surface area contributed by atoms with E-state index >= 15 is 0 Å². The Labute approximate surface area is 114 Å². The second kappa shape index (κ2) is 5.43. The molecule has 0 aliphatic rings. The van der Waals surface area contributed by atoms with Gasteiger partial charge < -0.3 is 20.9 Å². The van der Waals surface area contributed by atoms with Crippen LogP contribution in [0.5, 0.6) is 5.88 Å². The molecule has 0 radical (unpaired) electrons. The lowest BCUT2D eigenvalue weighted by Crippen LogP contribution is -2.08. The number of hydrogen-bond donors (Lipinski definition) is 3. The molecule has 1 aromatic carbocycles. The van der Waals surface area contributed by atoms with Gasteiger partial charge in [-0.25, -0.2) is 14.2 Å². The highest BCUT2D eigenvalue weighted by Crippen LogP contribution is 2.28. The summed E-state index contributed by atoms with van der Waals surface area (Å²) in [6.07, 6.45) is 1.46. The van der Waals surface area contributed by atoms with Crippen LogP contribution in [-0.2, 0) is 0 Å². The molecule has 2 aromatic rings. The molecule has 1 aromatic heterocycles. The molecule has 7 heteroatoms. The van der Waals surface area contributed by atoms with Crippen molar-refractivity contribution in [3.63, 3.8) is 0 Å². The molecule has 2 rings (SSSR count). The topological polar surface area (TPSA) is 97.5 Å². The van der Waals surface area contributed by atoms with Gasteiger partial charge in [-0.2, -0.15) is 0 Å². The SMILES string of the molecule is COc1ccc(Nc2ccc(F)c(N)c2C(=O)O)cn1. The number of aromatic carboxylic acids is 1. The highest BCUT2D eigenvalue weighted by Gasteiger charge is 2.17. The van der Waals surface area contributed by atoms with Gasteiger partial charge in [0.2, 0.25) is 5.88 Å². The minimum Gasteiger partial charge on any atom is -0.481 e. The van der Waals surface area contributed by atoms with Crippen molar-refractivity contribution in [2.45, 2.75) is 0 Å². The Morgan fingerprint density at radius 2 is 2.15 bits per heavy atom. The van der Waals surface area contributed by atoms with E-state index in [0.717, 1.165) is 6.07 Å². The van der Waals surface area contributed by atoms with Crippen LogP contribution in [0.3, 0.4) is 0 Å². The molecule has 4 N–H and O–H groups in total. The van der Waals surface area contributed by atoms with Crippen molar-refractivity contribution in [1.82, 2.24) is 4.98 Å². The van der Waals surface area contributed by atoms with Crippen LogP contribution in [0.4, 0.5) is 21.5 Å². The molecular formula is C13H12FN3O3. The predicted molar refractivity (Wildman–Crippen MR) is 71.8 cm³/mol. The lowest BCUT2D eigenvalue weighted by Gasteiger charge is -2.12. The van der Waals surface area contributed by atoms with Gasteiger partial charge in [0.25, 0.3) is 0 Å². The van der Waals surface area contributed by atoms with Crippen molar-refractivity contribution < 1.29 is 19.0 Å². The number of benzene rings is 1. The summed E-state index contributed by atoms with van der Waals surface area (Å²) in [7, 11) is 1.48. The largest absolute Gasteiger partial charge is 0.481 e. The van der Waals surface area contributed by atoms with Crippen LogP contribution >= 0.6 is 0 Å². The Bertz CT molecular complexity index is 644. The molecule has 0 aliphatic heterocycles. The molecule has 0 amide bonds. The first kappa shape index (κ1) is 13.6. The van der Waals surface area contributed by atoms with Crippen molar-refractivity contribution in [3.05, 3.63) is 41.8 Å². The van der Waals surface area contributed by atoms with Gasteiger partial charge >= 0.3 is 5.97 Å². The lowest BCUT2D eigenvalue weighted by molar-refractivity contribution is 0.0698. The van der Waals surface area contributed by atoms with E-state index in [1.807, 2.05) is 0 Å². The molecule has 0 bridgehead atoms. The van der Waals surface area contributed by atoms with E-state index in [-0.39, 0.29) is 11.3 Å². The van der Waals surface area contributed by atoms with Crippen LogP contribution in [0, 0.1) is 5.82 Å². The summed E-state index contributed by atoms with van der Waals surface area (Å²) in [5, 5.41) is 11.9. The average Bonchev–Trinajstić information content (AvgIpc) is 2.43. The highest BCUT2D eigenvalue weighted by atomic mass is 19.1. The first-order chi connectivity index (χ1) is 9.52. The normalized spacial score (nSPS) is 10.1. The van der Waals surface area contributed by atoms with Crippen LogP contribution in [0.15, 0.2) is 30.5 Å². The summed E-state index contributed by atoms with van der Waals surface area (Å²) in [6, 6.07) is 5.66. The molecule has 0 atom stereocenters. The number of aromatic nitrogens is 1. The zero-order valence-corrected chi connectivity index (χ0v) is 10.6. The molecule has 0 unspecified atom stereocenters. The van der Waals surface area contributed by atoms with E-state index in [1.165, 1.54) is 19.4 Å². The van der Waals surface area contributed by atoms with Crippen LogP contribution in [0.2, 0.25) is 0 Å². The molecule has 0 saturated carbocycles. The Morgan fingerprint density at radius 1 is 1.40 bits per heavy atom. The van der Waals surface area contributed by atoms with E-state index in [1.54, 1.807) is 12.1 Å². The molecule has 0 saturated heterocycles. The first-order valence-corrected chi connectivity index (χ1v) is 5.61. The Hall–Kier alpha value is -2.83. The van der Waals surface area contributed by atoms with E-state index < -0.39 is 17.5 Å². The van der Waals surface area contributed by atoms with Gasteiger partial charge in [0.05, 0.1) is 30.4 Å². The second-order valence-corrected chi connectivity index (χ2v) is 3.90. The number of anilines is 3. The molecule has 0 aliphatic carbocycles. The average molecular weight is 277 g/mol. The summed E-state index contributed by atoms with van der Waals surface area (Å²) < 4.78 is 18.2. The van der Waals surface area contributed by atoms with Crippen molar-refractivity contribution in [1.29, 1.82) is 0 Å². The monoisotopic (exact) mass is 277 g/mol. The number of pyridine rings is 1. The fourth-order valence-electron chi connectivity index (χ4n) is 1.66. The van der Waals surface area contributed by atoms with E-state index in [4.69, 9.17) is 15.6 Å². The third-order valence-electron chi connectivity index (χ3n) is 2.63. The minimum atomic E-state index is -1.31. The van der Waals surface area contributed by atoms with Crippen molar-refractivity contribution in [3.8, 4) is 5.88 Å². The second-order valence-electron chi connectivity index (χ2n) is 3.90. The zero-order chi connectivity index (χ0) is 14.7. The fraction of sp³-hybridized carbons (Fsp3) is 0.0769. The Balaban J connectivity index is 2.37. The number of carboxylic acid groups (broad SMARTS) is 1. The maximum Gasteiger partial charge on any atom is 0.340 e. The van der Waals surface area contributed by atoms with E-state index in [0.29, 0.717) is 11.6 Å². The smallest absolute Gasteiger partial charge is 0.340 e. The van der Waals surface area contributed by atoms with E-state index in [9.17, 15) is 9.18 Å². The summed E-state index contributed by atoms with van der Waals surface area (Å²) in [5.74, 6) is -1.67. The van der Waals surface area contributed by atoms with Gasteiger partial charge in [-0.1, -0.05) is 0 Å². The number of halogens is 1.